The van der Waals surface area contributed by atoms with E-state index < -0.39 is 0 Å². The summed E-state index contributed by atoms with van der Waals surface area (Å²) in [6.07, 6.45) is 0.291. The Kier molecular flexibility index (Phi) is 2.97. The Bertz CT molecular complexity index is 451. The number of hydrogen-bond acceptors (Lipinski definition) is 3. The molecule has 0 aromatic heterocycles. The largest absolute Gasteiger partial charge is 0.506 e. The van der Waals surface area contributed by atoms with Gasteiger partial charge in [0.1, 0.15) is 5.75 Å². The lowest BCUT2D eigenvalue weighted by Gasteiger charge is -2.18. The van der Waals surface area contributed by atoms with Crippen LogP contribution in [-0.4, -0.2) is 23.6 Å². The van der Waals surface area contributed by atoms with Crippen molar-refractivity contribution in [2.75, 3.05) is 11.4 Å². The van der Waals surface area contributed by atoms with Crippen LogP contribution in [0, 0.1) is 0 Å². The minimum absolute atomic E-state index is 0.101. The summed E-state index contributed by atoms with van der Waals surface area (Å²) in [5.74, 6) is -0.203. The first-order valence-electron chi connectivity index (χ1n) is 4.73. The van der Waals surface area contributed by atoms with Crippen molar-refractivity contribution in [2.45, 2.75) is 12.5 Å². The number of phenolic OH excluding ortho intramolecular Hbond substituents is 1. The lowest BCUT2D eigenvalue weighted by Crippen LogP contribution is -2.28. The monoisotopic (exact) mass is 260 g/mol. The highest BCUT2D eigenvalue weighted by molar-refractivity contribution is 6.37. The van der Waals surface area contributed by atoms with Gasteiger partial charge in [-0.2, -0.15) is 0 Å². The molecule has 2 rings (SSSR count). The van der Waals surface area contributed by atoms with E-state index in [0.717, 1.165) is 0 Å². The van der Waals surface area contributed by atoms with Crippen LogP contribution < -0.4 is 10.6 Å². The molecule has 1 aromatic rings. The summed E-state index contributed by atoms with van der Waals surface area (Å²) in [5.41, 5.74) is 6.12. The number of benzene rings is 1. The quantitative estimate of drug-likeness (QED) is 0.809. The summed E-state index contributed by atoms with van der Waals surface area (Å²) in [4.78, 5) is 13.1. The Labute approximate surface area is 103 Å². The number of halogens is 2. The van der Waals surface area contributed by atoms with E-state index in [-0.39, 0.29) is 22.7 Å². The van der Waals surface area contributed by atoms with Gasteiger partial charge in [-0.15, -0.1) is 0 Å². The van der Waals surface area contributed by atoms with Crippen molar-refractivity contribution < 1.29 is 9.90 Å². The van der Waals surface area contributed by atoms with Crippen LogP contribution in [0.2, 0.25) is 10.0 Å². The van der Waals surface area contributed by atoms with Crippen molar-refractivity contribution in [3.63, 3.8) is 0 Å². The maximum absolute atomic E-state index is 11.6. The topological polar surface area (TPSA) is 66.6 Å². The number of rotatable bonds is 1. The molecule has 0 saturated carbocycles. The number of amides is 1. The lowest BCUT2D eigenvalue weighted by atomic mass is 10.2. The SMILES string of the molecule is NC1CC(=O)N(c2cc(O)c(Cl)cc2Cl)C1. The molecule has 1 unspecified atom stereocenters. The average molecular weight is 261 g/mol. The molecule has 0 aliphatic carbocycles. The number of anilines is 1. The summed E-state index contributed by atoms with van der Waals surface area (Å²) < 4.78 is 0. The fourth-order valence-corrected chi connectivity index (χ4v) is 2.19. The van der Waals surface area contributed by atoms with Gasteiger partial charge in [0.05, 0.1) is 15.7 Å². The van der Waals surface area contributed by atoms with Crippen LogP contribution in [0.25, 0.3) is 0 Å². The first-order chi connectivity index (χ1) is 7.49. The van der Waals surface area contributed by atoms with Gasteiger partial charge in [0, 0.05) is 25.1 Å². The molecular weight excluding hydrogens is 251 g/mol. The van der Waals surface area contributed by atoms with Gasteiger partial charge in [0.25, 0.3) is 0 Å². The van der Waals surface area contributed by atoms with Crippen LogP contribution in [0.15, 0.2) is 12.1 Å². The lowest BCUT2D eigenvalue weighted by molar-refractivity contribution is -0.117. The van der Waals surface area contributed by atoms with Gasteiger partial charge in [0.2, 0.25) is 5.91 Å². The minimum Gasteiger partial charge on any atom is -0.506 e. The molecule has 1 aliphatic rings. The third-order valence-electron chi connectivity index (χ3n) is 2.46. The van der Waals surface area contributed by atoms with E-state index in [1.807, 2.05) is 0 Å². The highest BCUT2D eigenvalue weighted by atomic mass is 35.5. The number of hydrogen-bond donors (Lipinski definition) is 2. The molecule has 6 heteroatoms. The molecule has 1 aromatic carbocycles. The Morgan fingerprint density at radius 2 is 2.06 bits per heavy atom. The van der Waals surface area contributed by atoms with Crippen LogP contribution in [0.3, 0.4) is 0 Å². The first kappa shape index (κ1) is 11.5. The minimum atomic E-state index is -0.193. The molecule has 1 aliphatic heterocycles. The van der Waals surface area contributed by atoms with Gasteiger partial charge in [0.15, 0.2) is 0 Å². The van der Waals surface area contributed by atoms with Crippen molar-refractivity contribution in [3.05, 3.63) is 22.2 Å². The number of carbonyl (C=O) groups excluding carboxylic acids is 1. The molecule has 16 heavy (non-hydrogen) atoms. The fraction of sp³-hybridized carbons (Fsp3) is 0.300. The predicted molar refractivity (Wildman–Crippen MR) is 63.1 cm³/mol. The van der Waals surface area contributed by atoms with Crippen molar-refractivity contribution in [2.24, 2.45) is 5.73 Å². The first-order valence-corrected chi connectivity index (χ1v) is 5.48. The maximum atomic E-state index is 11.6. The number of phenols is 1. The molecule has 86 valence electrons. The molecule has 3 N–H and O–H groups in total. The van der Waals surface area contributed by atoms with Crippen molar-refractivity contribution in [3.8, 4) is 5.75 Å². The number of nitrogens with zero attached hydrogens (tertiary/aromatic N) is 1. The van der Waals surface area contributed by atoms with Gasteiger partial charge in [-0.25, -0.2) is 0 Å². The van der Waals surface area contributed by atoms with E-state index >= 15 is 0 Å². The Morgan fingerprint density at radius 1 is 1.38 bits per heavy atom. The van der Waals surface area contributed by atoms with E-state index in [1.54, 1.807) is 0 Å². The van der Waals surface area contributed by atoms with E-state index in [0.29, 0.717) is 23.7 Å². The van der Waals surface area contributed by atoms with E-state index in [1.165, 1.54) is 17.0 Å². The average Bonchev–Trinajstić information content (AvgIpc) is 2.51. The smallest absolute Gasteiger partial charge is 0.228 e. The third kappa shape index (κ3) is 1.96. The van der Waals surface area contributed by atoms with Crippen molar-refractivity contribution >= 4 is 34.8 Å². The summed E-state index contributed by atoms with van der Waals surface area (Å²) >= 11 is 11.7. The normalized spacial score (nSPS) is 20.6. The maximum Gasteiger partial charge on any atom is 0.228 e. The van der Waals surface area contributed by atoms with Crippen LogP contribution in [0.5, 0.6) is 5.75 Å². The highest BCUT2D eigenvalue weighted by Crippen LogP contribution is 2.36. The zero-order chi connectivity index (χ0) is 11.9. The van der Waals surface area contributed by atoms with E-state index in [9.17, 15) is 9.90 Å². The van der Waals surface area contributed by atoms with Gasteiger partial charge in [-0.3, -0.25) is 4.79 Å². The molecule has 1 saturated heterocycles. The summed E-state index contributed by atoms with van der Waals surface area (Å²) in [5, 5.41) is 9.96. The predicted octanol–water partition coefficient (Wildman–Crippen LogP) is 1.76. The van der Waals surface area contributed by atoms with Crippen LogP contribution in [0.4, 0.5) is 5.69 Å². The zero-order valence-electron chi connectivity index (χ0n) is 8.28. The summed E-state index contributed by atoms with van der Waals surface area (Å²) in [6, 6.07) is 2.59. The molecular formula is C10H10Cl2N2O2. The molecule has 1 atom stereocenters. The molecule has 4 nitrogen and oxygen atoms in total. The van der Waals surface area contributed by atoms with Gasteiger partial charge >= 0.3 is 0 Å². The Balaban J connectivity index is 2.41. The number of carbonyl (C=O) groups is 1. The van der Waals surface area contributed by atoms with E-state index in [4.69, 9.17) is 28.9 Å². The Hall–Kier alpha value is -0.970. The molecule has 1 fully saturated rings. The second-order valence-electron chi connectivity index (χ2n) is 3.72. The van der Waals surface area contributed by atoms with Gasteiger partial charge < -0.3 is 15.7 Å². The fourth-order valence-electron chi connectivity index (χ4n) is 1.70. The Morgan fingerprint density at radius 3 is 2.62 bits per heavy atom. The van der Waals surface area contributed by atoms with Crippen LogP contribution in [0.1, 0.15) is 6.42 Å². The van der Waals surface area contributed by atoms with Crippen molar-refractivity contribution in [1.82, 2.24) is 0 Å². The van der Waals surface area contributed by atoms with Gasteiger partial charge in [-0.05, 0) is 6.07 Å². The highest BCUT2D eigenvalue weighted by Gasteiger charge is 2.29. The standard InChI is InChI=1S/C10H10Cl2N2O2/c11-6-2-7(12)9(15)3-8(6)14-4-5(13)1-10(14)16/h2-3,5,15H,1,4,13H2. The molecule has 0 radical (unpaired) electrons. The number of nitrogens with two attached hydrogens (primary N) is 1. The van der Waals surface area contributed by atoms with Crippen LogP contribution >= 0.6 is 23.2 Å². The molecule has 0 spiro atoms. The molecule has 1 heterocycles. The summed E-state index contributed by atoms with van der Waals surface area (Å²) in [7, 11) is 0. The van der Waals surface area contributed by atoms with Crippen LogP contribution in [-0.2, 0) is 4.79 Å². The summed E-state index contributed by atoms with van der Waals surface area (Å²) in [6.45, 7) is 0.402. The van der Waals surface area contributed by atoms with Gasteiger partial charge in [-0.1, -0.05) is 23.2 Å². The molecule has 0 bridgehead atoms. The zero-order valence-corrected chi connectivity index (χ0v) is 9.79. The van der Waals surface area contributed by atoms with Crippen molar-refractivity contribution in [1.29, 1.82) is 0 Å². The second-order valence-corrected chi connectivity index (χ2v) is 4.54. The van der Waals surface area contributed by atoms with E-state index in [2.05, 4.69) is 0 Å². The molecule has 1 amide bonds. The number of aromatic hydroxyl groups is 1. The second kappa shape index (κ2) is 4.13. The third-order valence-corrected chi connectivity index (χ3v) is 3.07.